The molecule has 1 heterocycles. The first-order valence-electron chi connectivity index (χ1n) is 4.41. The van der Waals surface area contributed by atoms with Crippen molar-refractivity contribution >= 4 is 0 Å². The van der Waals surface area contributed by atoms with E-state index in [0.717, 1.165) is 6.54 Å². The summed E-state index contributed by atoms with van der Waals surface area (Å²) in [4.78, 5) is 2.43. The lowest BCUT2D eigenvalue weighted by molar-refractivity contribution is 0.251. The molecule has 0 aromatic rings. The monoisotopic (exact) mass is 155 g/mol. The van der Waals surface area contributed by atoms with Crippen molar-refractivity contribution in [2.24, 2.45) is 0 Å². The van der Waals surface area contributed by atoms with Gasteiger partial charge in [0.25, 0.3) is 0 Å². The van der Waals surface area contributed by atoms with Crippen LogP contribution in [-0.2, 0) is 0 Å². The average Bonchev–Trinajstić information content (AvgIpc) is 2.07. The second-order valence-corrected chi connectivity index (χ2v) is 3.02. The normalized spacial score (nSPS) is 21.2. The molecule has 0 bridgehead atoms. The van der Waals surface area contributed by atoms with E-state index in [2.05, 4.69) is 4.90 Å². The van der Waals surface area contributed by atoms with Gasteiger partial charge >= 0.3 is 0 Å². The molecule has 0 aromatic heterocycles. The largest absolute Gasteiger partial charge is 0.392 e. The van der Waals surface area contributed by atoms with Gasteiger partial charge in [-0.05, 0) is 25.9 Å². The summed E-state index contributed by atoms with van der Waals surface area (Å²) >= 11 is 0. The number of nitrogens with zero attached hydrogens (tertiary/aromatic N) is 1. The predicted octanol–water partition coefficient (Wildman–Crippen LogP) is 1.02. The van der Waals surface area contributed by atoms with Crippen LogP contribution >= 0.6 is 0 Å². The van der Waals surface area contributed by atoms with E-state index in [1.807, 2.05) is 12.2 Å². The quantitative estimate of drug-likeness (QED) is 0.615. The number of hydrogen-bond acceptors (Lipinski definition) is 2. The Labute approximate surface area is 68.5 Å². The third kappa shape index (κ3) is 3.54. The molecule has 2 heteroatoms. The number of likely N-dealkylation sites (tertiary alicyclic amines) is 1. The van der Waals surface area contributed by atoms with Crippen molar-refractivity contribution in [1.82, 2.24) is 4.90 Å². The maximum absolute atomic E-state index is 8.49. The van der Waals surface area contributed by atoms with E-state index in [4.69, 9.17) is 5.11 Å². The van der Waals surface area contributed by atoms with Crippen LogP contribution in [0.25, 0.3) is 0 Å². The van der Waals surface area contributed by atoms with Gasteiger partial charge in [0.2, 0.25) is 0 Å². The van der Waals surface area contributed by atoms with Crippen LogP contribution in [0.5, 0.6) is 0 Å². The third-order valence-corrected chi connectivity index (χ3v) is 2.08. The van der Waals surface area contributed by atoms with Gasteiger partial charge in [0.15, 0.2) is 0 Å². The minimum absolute atomic E-state index is 0.174. The van der Waals surface area contributed by atoms with Gasteiger partial charge in [-0.2, -0.15) is 0 Å². The zero-order valence-electron chi connectivity index (χ0n) is 7.00. The number of piperidine rings is 1. The Balaban J connectivity index is 2.09. The van der Waals surface area contributed by atoms with E-state index < -0.39 is 0 Å². The van der Waals surface area contributed by atoms with Crippen molar-refractivity contribution in [2.45, 2.75) is 19.3 Å². The third-order valence-electron chi connectivity index (χ3n) is 2.08. The summed E-state index contributed by atoms with van der Waals surface area (Å²) in [6.07, 6.45) is 7.93. The Hall–Kier alpha value is -0.340. The van der Waals surface area contributed by atoms with E-state index in [-0.39, 0.29) is 6.61 Å². The van der Waals surface area contributed by atoms with Crippen LogP contribution in [-0.4, -0.2) is 36.2 Å². The van der Waals surface area contributed by atoms with Crippen LogP contribution in [0.2, 0.25) is 0 Å². The summed E-state index contributed by atoms with van der Waals surface area (Å²) < 4.78 is 0. The minimum Gasteiger partial charge on any atom is -0.392 e. The number of hydrogen-bond donors (Lipinski definition) is 1. The number of aliphatic hydroxyl groups excluding tert-OH is 1. The molecule has 0 spiro atoms. The lowest BCUT2D eigenvalue weighted by atomic mass is 10.1. The standard InChI is InChI=1S/C9H17NO/c11-9-5-4-8-10-6-2-1-3-7-10/h4-5,11H,1-3,6-9H2. The molecular formula is C9H17NO. The van der Waals surface area contributed by atoms with Crippen molar-refractivity contribution in [2.75, 3.05) is 26.2 Å². The molecule has 1 saturated heterocycles. The summed E-state index contributed by atoms with van der Waals surface area (Å²) in [7, 11) is 0. The topological polar surface area (TPSA) is 23.5 Å². The van der Waals surface area contributed by atoms with Crippen LogP contribution in [0.15, 0.2) is 12.2 Å². The van der Waals surface area contributed by atoms with Crippen LogP contribution < -0.4 is 0 Å². The van der Waals surface area contributed by atoms with Gasteiger partial charge in [-0.25, -0.2) is 0 Å². The highest BCUT2D eigenvalue weighted by Gasteiger charge is 2.06. The van der Waals surface area contributed by atoms with Crippen LogP contribution in [0.4, 0.5) is 0 Å². The Kier molecular flexibility index (Phi) is 4.24. The first kappa shape index (κ1) is 8.75. The van der Waals surface area contributed by atoms with Gasteiger partial charge < -0.3 is 5.11 Å². The fourth-order valence-electron chi connectivity index (χ4n) is 1.44. The molecule has 0 aliphatic carbocycles. The highest BCUT2D eigenvalue weighted by molar-refractivity contribution is 4.84. The minimum atomic E-state index is 0.174. The molecule has 64 valence electrons. The first-order chi connectivity index (χ1) is 5.43. The molecule has 1 aliphatic heterocycles. The summed E-state index contributed by atoms with van der Waals surface area (Å²) in [6, 6.07) is 0. The molecule has 11 heavy (non-hydrogen) atoms. The molecule has 1 rings (SSSR count). The van der Waals surface area contributed by atoms with E-state index in [0.29, 0.717) is 0 Å². The SMILES string of the molecule is OCC=CCN1CCCCC1. The average molecular weight is 155 g/mol. The summed E-state index contributed by atoms with van der Waals surface area (Å²) in [6.45, 7) is 3.65. The van der Waals surface area contributed by atoms with Gasteiger partial charge in [-0.15, -0.1) is 0 Å². The van der Waals surface area contributed by atoms with Crippen LogP contribution in [0.3, 0.4) is 0 Å². The van der Waals surface area contributed by atoms with Gasteiger partial charge in [0.05, 0.1) is 6.61 Å². The van der Waals surface area contributed by atoms with E-state index in [1.165, 1.54) is 32.4 Å². The molecule has 0 radical (unpaired) electrons. The van der Waals surface area contributed by atoms with E-state index in [9.17, 15) is 0 Å². The lowest BCUT2D eigenvalue weighted by Crippen LogP contribution is -2.29. The van der Waals surface area contributed by atoms with Gasteiger partial charge in [-0.1, -0.05) is 18.6 Å². The molecule has 2 nitrogen and oxygen atoms in total. The van der Waals surface area contributed by atoms with E-state index >= 15 is 0 Å². The fraction of sp³-hybridized carbons (Fsp3) is 0.778. The van der Waals surface area contributed by atoms with Crippen molar-refractivity contribution < 1.29 is 5.11 Å². The predicted molar refractivity (Wildman–Crippen MR) is 46.5 cm³/mol. The number of rotatable bonds is 3. The van der Waals surface area contributed by atoms with Crippen molar-refractivity contribution in [3.05, 3.63) is 12.2 Å². The Morgan fingerprint density at radius 1 is 1.09 bits per heavy atom. The maximum atomic E-state index is 8.49. The molecule has 0 amide bonds. The zero-order valence-corrected chi connectivity index (χ0v) is 7.00. The van der Waals surface area contributed by atoms with Crippen molar-refractivity contribution in [1.29, 1.82) is 0 Å². The van der Waals surface area contributed by atoms with Gasteiger partial charge in [0.1, 0.15) is 0 Å². The molecule has 1 aliphatic rings. The molecular weight excluding hydrogens is 138 g/mol. The molecule has 0 atom stereocenters. The van der Waals surface area contributed by atoms with Crippen LogP contribution in [0.1, 0.15) is 19.3 Å². The van der Waals surface area contributed by atoms with Crippen LogP contribution in [0, 0.1) is 0 Å². The molecule has 1 N–H and O–H groups in total. The van der Waals surface area contributed by atoms with Gasteiger partial charge in [-0.3, -0.25) is 4.90 Å². The zero-order chi connectivity index (χ0) is 7.94. The summed E-state index contributed by atoms with van der Waals surface area (Å²) in [5.41, 5.74) is 0. The highest BCUT2D eigenvalue weighted by atomic mass is 16.2. The highest BCUT2D eigenvalue weighted by Crippen LogP contribution is 2.07. The Bertz CT molecular complexity index is 117. The molecule has 1 fully saturated rings. The number of aliphatic hydroxyl groups is 1. The van der Waals surface area contributed by atoms with Crippen molar-refractivity contribution in [3.63, 3.8) is 0 Å². The first-order valence-corrected chi connectivity index (χ1v) is 4.41. The maximum Gasteiger partial charge on any atom is 0.0612 e. The lowest BCUT2D eigenvalue weighted by Gasteiger charge is -2.24. The summed E-state index contributed by atoms with van der Waals surface area (Å²) in [5.74, 6) is 0. The molecule has 0 saturated carbocycles. The Morgan fingerprint density at radius 3 is 2.45 bits per heavy atom. The Morgan fingerprint density at radius 2 is 1.82 bits per heavy atom. The van der Waals surface area contributed by atoms with Crippen molar-refractivity contribution in [3.8, 4) is 0 Å². The molecule has 0 aromatic carbocycles. The smallest absolute Gasteiger partial charge is 0.0612 e. The fourth-order valence-corrected chi connectivity index (χ4v) is 1.44. The second kappa shape index (κ2) is 5.33. The summed E-state index contributed by atoms with van der Waals surface area (Å²) in [5, 5.41) is 8.49. The van der Waals surface area contributed by atoms with Gasteiger partial charge in [0, 0.05) is 6.54 Å². The molecule has 0 unspecified atom stereocenters. The second-order valence-electron chi connectivity index (χ2n) is 3.02. The van der Waals surface area contributed by atoms with E-state index in [1.54, 1.807) is 0 Å².